The highest BCUT2D eigenvalue weighted by Crippen LogP contribution is 2.12. The van der Waals surface area contributed by atoms with Crippen LogP contribution in [0.1, 0.15) is 5.56 Å². The second kappa shape index (κ2) is 2.63. The molecule has 0 aromatic carbocycles. The highest BCUT2D eigenvalue weighted by molar-refractivity contribution is 7.15. The molecule has 2 aromatic heterocycles. The number of aromatic amines is 1. The SMILES string of the molecule is PCc1cnc2cc[nH]c2c1. The standard InChI is InChI=1S/C8H9N2P/c11-5-6-3-8-7(10-4-6)1-2-9-8/h1-4,9H,5,11H2. The number of hydrogen-bond acceptors (Lipinski definition) is 1. The molecule has 0 radical (unpaired) electrons. The summed E-state index contributed by atoms with van der Waals surface area (Å²) < 4.78 is 0. The van der Waals surface area contributed by atoms with E-state index in [1.807, 2.05) is 18.5 Å². The number of hydrogen-bond donors (Lipinski definition) is 1. The molecule has 0 aliphatic carbocycles. The van der Waals surface area contributed by atoms with Gasteiger partial charge in [-0.25, -0.2) is 0 Å². The van der Waals surface area contributed by atoms with Crippen molar-refractivity contribution in [3.8, 4) is 0 Å². The molecule has 2 aromatic rings. The molecule has 3 heteroatoms. The zero-order valence-electron chi connectivity index (χ0n) is 6.04. The van der Waals surface area contributed by atoms with E-state index in [1.54, 1.807) is 0 Å². The highest BCUT2D eigenvalue weighted by Gasteiger charge is 1.95. The van der Waals surface area contributed by atoms with E-state index < -0.39 is 0 Å². The van der Waals surface area contributed by atoms with Crippen LogP contribution in [0.5, 0.6) is 0 Å². The first-order valence-electron chi connectivity index (χ1n) is 3.52. The molecule has 0 aliphatic heterocycles. The normalized spacial score (nSPS) is 10.6. The van der Waals surface area contributed by atoms with Crippen molar-refractivity contribution < 1.29 is 0 Å². The molecule has 11 heavy (non-hydrogen) atoms. The summed E-state index contributed by atoms with van der Waals surface area (Å²) in [5.74, 6) is 0. The lowest BCUT2D eigenvalue weighted by Crippen LogP contribution is -1.80. The summed E-state index contributed by atoms with van der Waals surface area (Å²) in [6.07, 6.45) is 4.77. The van der Waals surface area contributed by atoms with Gasteiger partial charge in [-0.05, 0) is 23.9 Å². The van der Waals surface area contributed by atoms with Crippen molar-refractivity contribution in [3.63, 3.8) is 0 Å². The molecule has 56 valence electrons. The predicted molar refractivity (Wildman–Crippen MR) is 49.5 cm³/mol. The van der Waals surface area contributed by atoms with E-state index in [4.69, 9.17) is 0 Å². The second-order valence-corrected chi connectivity index (χ2v) is 2.87. The summed E-state index contributed by atoms with van der Waals surface area (Å²) in [5.41, 5.74) is 3.39. The number of pyridine rings is 1. The zero-order valence-corrected chi connectivity index (χ0v) is 7.20. The molecule has 2 heterocycles. The van der Waals surface area contributed by atoms with Crippen LogP contribution >= 0.6 is 9.24 Å². The Balaban J connectivity index is 2.67. The summed E-state index contributed by atoms with van der Waals surface area (Å²) in [4.78, 5) is 7.39. The van der Waals surface area contributed by atoms with Crippen LogP contribution in [0.2, 0.25) is 0 Å². The first-order valence-corrected chi connectivity index (χ1v) is 4.34. The number of fused-ring (bicyclic) bond motifs is 1. The van der Waals surface area contributed by atoms with Gasteiger partial charge in [-0.15, -0.1) is 9.24 Å². The van der Waals surface area contributed by atoms with Crippen molar-refractivity contribution in [2.24, 2.45) is 0 Å². The molecule has 2 rings (SSSR count). The Morgan fingerprint density at radius 3 is 3.27 bits per heavy atom. The van der Waals surface area contributed by atoms with Gasteiger partial charge in [0.15, 0.2) is 0 Å². The van der Waals surface area contributed by atoms with E-state index in [1.165, 1.54) is 5.56 Å². The van der Waals surface area contributed by atoms with E-state index in [2.05, 4.69) is 25.3 Å². The fourth-order valence-corrected chi connectivity index (χ4v) is 1.31. The predicted octanol–water partition coefficient (Wildman–Crippen LogP) is 1.94. The first kappa shape index (κ1) is 6.81. The monoisotopic (exact) mass is 164 g/mol. The average molecular weight is 164 g/mol. The first-order chi connectivity index (χ1) is 5.40. The van der Waals surface area contributed by atoms with Gasteiger partial charge in [-0.3, -0.25) is 4.98 Å². The topological polar surface area (TPSA) is 28.7 Å². The second-order valence-electron chi connectivity index (χ2n) is 2.46. The number of rotatable bonds is 1. The van der Waals surface area contributed by atoms with Gasteiger partial charge >= 0.3 is 0 Å². The molecule has 0 saturated carbocycles. The van der Waals surface area contributed by atoms with Crippen LogP contribution in [0.4, 0.5) is 0 Å². The quantitative estimate of drug-likeness (QED) is 0.641. The van der Waals surface area contributed by atoms with Gasteiger partial charge in [-0.1, -0.05) is 0 Å². The molecular formula is C8H9N2P. The Labute approximate surface area is 67.2 Å². The molecule has 0 spiro atoms. The van der Waals surface area contributed by atoms with Gasteiger partial charge in [0.1, 0.15) is 0 Å². The molecule has 0 fully saturated rings. The third-order valence-electron chi connectivity index (χ3n) is 1.69. The van der Waals surface area contributed by atoms with Gasteiger partial charge in [0.05, 0.1) is 11.0 Å². The summed E-state index contributed by atoms with van der Waals surface area (Å²) in [5, 5.41) is 0. The summed E-state index contributed by atoms with van der Waals surface area (Å²) in [6, 6.07) is 4.09. The third-order valence-corrected chi connectivity index (χ3v) is 2.16. The Kier molecular flexibility index (Phi) is 1.63. The van der Waals surface area contributed by atoms with E-state index >= 15 is 0 Å². The third kappa shape index (κ3) is 1.14. The minimum Gasteiger partial charge on any atom is -0.360 e. The molecule has 1 atom stereocenters. The van der Waals surface area contributed by atoms with E-state index in [9.17, 15) is 0 Å². The molecule has 1 N–H and O–H groups in total. The van der Waals surface area contributed by atoms with Crippen LogP contribution in [0.3, 0.4) is 0 Å². The van der Waals surface area contributed by atoms with Crippen LogP contribution < -0.4 is 0 Å². The van der Waals surface area contributed by atoms with Crippen molar-refractivity contribution in [3.05, 3.63) is 30.1 Å². The number of H-pyrrole nitrogens is 1. The Morgan fingerprint density at radius 2 is 2.45 bits per heavy atom. The molecular weight excluding hydrogens is 155 g/mol. The van der Waals surface area contributed by atoms with Crippen molar-refractivity contribution in [1.82, 2.24) is 9.97 Å². The Bertz CT molecular complexity index is 367. The van der Waals surface area contributed by atoms with Crippen LogP contribution in [0.25, 0.3) is 11.0 Å². The lowest BCUT2D eigenvalue weighted by atomic mass is 10.3. The van der Waals surface area contributed by atoms with Crippen LogP contribution in [0.15, 0.2) is 24.5 Å². The Morgan fingerprint density at radius 1 is 1.55 bits per heavy atom. The molecule has 0 aliphatic rings. The number of nitrogens with zero attached hydrogens (tertiary/aromatic N) is 1. The van der Waals surface area contributed by atoms with Crippen LogP contribution in [0, 0.1) is 0 Å². The molecule has 0 saturated heterocycles. The van der Waals surface area contributed by atoms with Gasteiger partial charge in [-0.2, -0.15) is 0 Å². The van der Waals surface area contributed by atoms with Crippen molar-refractivity contribution in [1.29, 1.82) is 0 Å². The smallest absolute Gasteiger partial charge is 0.0878 e. The highest BCUT2D eigenvalue weighted by atomic mass is 31.0. The van der Waals surface area contributed by atoms with Crippen molar-refractivity contribution >= 4 is 20.3 Å². The molecule has 0 bridgehead atoms. The summed E-state index contributed by atoms with van der Waals surface area (Å²) in [7, 11) is 2.68. The van der Waals surface area contributed by atoms with E-state index in [0.29, 0.717) is 0 Å². The van der Waals surface area contributed by atoms with Gasteiger partial charge < -0.3 is 4.98 Å². The maximum atomic E-state index is 4.27. The van der Waals surface area contributed by atoms with Gasteiger partial charge in [0, 0.05) is 12.4 Å². The lowest BCUT2D eigenvalue weighted by molar-refractivity contribution is 1.31. The molecule has 0 amide bonds. The van der Waals surface area contributed by atoms with Crippen molar-refractivity contribution in [2.45, 2.75) is 6.16 Å². The van der Waals surface area contributed by atoms with Gasteiger partial charge in [0.2, 0.25) is 0 Å². The fourth-order valence-electron chi connectivity index (χ4n) is 1.09. The molecule has 2 nitrogen and oxygen atoms in total. The lowest BCUT2D eigenvalue weighted by Gasteiger charge is -1.93. The number of aromatic nitrogens is 2. The van der Waals surface area contributed by atoms with Crippen LogP contribution in [-0.2, 0) is 6.16 Å². The maximum Gasteiger partial charge on any atom is 0.0878 e. The summed E-state index contributed by atoms with van der Waals surface area (Å²) in [6.45, 7) is 0. The van der Waals surface area contributed by atoms with E-state index in [-0.39, 0.29) is 0 Å². The number of nitrogens with one attached hydrogen (secondary N) is 1. The average Bonchev–Trinajstić information content (AvgIpc) is 2.50. The molecule has 1 unspecified atom stereocenters. The fraction of sp³-hybridized carbons (Fsp3) is 0.125. The minimum absolute atomic E-state index is 0.960. The maximum absolute atomic E-state index is 4.27. The minimum atomic E-state index is 0.960. The Hall–Kier alpha value is -0.880. The van der Waals surface area contributed by atoms with E-state index in [0.717, 1.165) is 17.2 Å². The van der Waals surface area contributed by atoms with Gasteiger partial charge in [0.25, 0.3) is 0 Å². The summed E-state index contributed by atoms with van der Waals surface area (Å²) >= 11 is 0. The van der Waals surface area contributed by atoms with Crippen molar-refractivity contribution in [2.75, 3.05) is 0 Å². The zero-order chi connectivity index (χ0) is 7.68. The largest absolute Gasteiger partial charge is 0.360 e. The van der Waals surface area contributed by atoms with Crippen LogP contribution in [-0.4, -0.2) is 9.97 Å².